The van der Waals surface area contributed by atoms with Gasteiger partial charge in [0, 0.05) is 39.4 Å². The van der Waals surface area contributed by atoms with E-state index >= 15 is 0 Å². The normalized spacial score (nSPS) is 14.4. The quantitative estimate of drug-likeness (QED) is 0.189. The Morgan fingerprint density at radius 2 is 1.59 bits per heavy atom. The van der Waals surface area contributed by atoms with Crippen LogP contribution in [0.3, 0.4) is 0 Å². The zero-order valence-electron chi connectivity index (χ0n) is 25.6. The van der Waals surface area contributed by atoms with E-state index in [1.807, 2.05) is 43.5 Å². The average Bonchev–Trinajstić information content (AvgIpc) is 2.95. The summed E-state index contributed by atoms with van der Waals surface area (Å²) in [6.45, 7) is 10.6. The van der Waals surface area contributed by atoms with Crippen LogP contribution in [0.2, 0.25) is 0 Å². The molecule has 1 aliphatic carbocycles. The Labute approximate surface area is 259 Å². The fourth-order valence-electron chi connectivity index (χ4n) is 6.05. The van der Waals surface area contributed by atoms with E-state index in [2.05, 4.69) is 63.0 Å². The van der Waals surface area contributed by atoms with Crippen molar-refractivity contribution >= 4 is 10.8 Å². The SMILES string of the molecule is Cc1ccc(O)c(-c2ccccn2)c1.[2H]C1(c2c(C)cc3c(-c4[c-]c(C)cc(C)c4)nccc3c2C)CCCCC1.[Ir]. The number of phenolic OH excluding ortho intramolecular Hbond substituents is 1. The molecule has 1 saturated carbocycles. The molecular formula is C37H39IrN2O-. The van der Waals surface area contributed by atoms with Gasteiger partial charge >= 0.3 is 0 Å². The summed E-state index contributed by atoms with van der Waals surface area (Å²) in [4.78, 5) is 8.91. The van der Waals surface area contributed by atoms with Gasteiger partial charge in [-0.3, -0.25) is 4.98 Å². The molecule has 1 fully saturated rings. The van der Waals surface area contributed by atoms with Gasteiger partial charge in [-0.1, -0.05) is 56.9 Å². The predicted octanol–water partition coefficient (Wildman–Crippen LogP) is 9.74. The minimum absolute atomic E-state index is 0. The second-order valence-corrected chi connectivity index (χ2v) is 11.1. The maximum atomic E-state index is 9.65. The Morgan fingerprint density at radius 3 is 2.29 bits per heavy atom. The Hall–Kier alpha value is -3.33. The Balaban J connectivity index is 0.000000228. The van der Waals surface area contributed by atoms with Crippen molar-refractivity contribution in [2.45, 2.75) is 72.6 Å². The zero-order valence-corrected chi connectivity index (χ0v) is 27.0. The van der Waals surface area contributed by atoms with Crippen LogP contribution in [0.25, 0.3) is 33.3 Å². The molecule has 2 aromatic heterocycles. The van der Waals surface area contributed by atoms with Crippen LogP contribution in [0.1, 0.15) is 72.7 Å². The van der Waals surface area contributed by atoms with Crippen LogP contribution < -0.4 is 0 Å². The fourth-order valence-corrected chi connectivity index (χ4v) is 6.05. The summed E-state index contributed by atoms with van der Waals surface area (Å²) in [6.07, 6.45) is 9.18. The second-order valence-electron chi connectivity index (χ2n) is 11.1. The molecule has 0 saturated heterocycles. The zero-order chi connectivity index (χ0) is 29.1. The summed E-state index contributed by atoms with van der Waals surface area (Å²) in [5.41, 5.74) is 10.9. The molecule has 0 spiro atoms. The van der Waals surface area contributed by atoms with Gasteiger partial charge in [-0.05, 0) is 103 Å². The van der Waals surface area contributed by atoms with E-state index in [0.29, 0.717) is 0 Å². The molecule has 0 atom stereocenters. The van der Waals surface area contributed by atoms with Gasteiger partial charge in [0.1, 0.15) is 5.75 Å². The molecule has 41 heavy (non-hydrogen) atoms. The third-order valence-corrected chi connectivity index (χ3v) is 7.83. The molecule has 2 heterocycles. The Bertz CT molecular complexity index is 1670. The van der Waals surface area contributed by atoms with Gasteiger partial charge < -0.3 is 10.1 Å². The van der Waals surface area contributed by atoms with Crippen LogP contribution in [0.15, 0.2) is 73.1 Å². The molecule has 213 valence electrons. The smallest absolute Gasteiger partial charge is 0.124 e. The summed E-state index contributed by atoms with van der Waals surface area (Å²) in [5.74, 6) is -0.162. The van der Waals surface area contributed by atoms with Gasteiger partial charge in [0.05, 0.1) is 5.69 Å². The molecule has 3 aromatic carbocycles. The van der Waals surface area contributed by atoms with Crippen LogP contribution in [0, 0.1) is 40.7 Å². The van der Waals surface area contributed by atoms with Gasteiger partial charge in [-0.25, -0.2) is 0 Å². The van der Waals surface area contributed by atoms with Crippen molar-refractivity contribution in [1.82, 2.24) is 9.97 Å². The number of aromatic nitrogens is 2. The molecule has 6 rings (SSSR count). The first-order valence-corrected chi connectivity index (χ1v) is 14.3. The maximum absolute atomic E-state index is 9.65. The molecule has 3 nitrogen and oxygen atoms in total. The first-order chi connectivity index (χ1) is 19.7. The first-order valence-electron chi connectivity index (χ1n) is 14.8. The molecule has 0 bridgehead atoms. The summed E-state index contributed by atoms with van der Waals surface area (Å²) in [5, 5.41) is 12.1. The first kappa shape index (κ1) is 29.2. The number of rotatable bonds is 3. The number of hydrogen-bond donors (Lipinski definition) is 1. The minimum Gasteiger partial charge on any atom is -0.507 e. The molecule has 4 heteroatoms. The predicted molar refractivity (Wildman–Crippen MR) is 167 cm³/mol. The van der Waals surface area contributed by atoms with E-state index in [1.165, 1.54) is 52.3 Å². The van der Waals surface area contributed by atoms with Crippen molar-refractivity contribution in [3.8, 4) is 28.3 Å². The van der Waals surface area contributed by atoms with E-state index in [-0.39, 0.29) is 25.9 Å². The van der Waals surface area contributed by atoms with Crippen LogP contribution >= 0.6 is 0 Å². The molecule has 1 N–H and O–H groups in total. The number of fused-ring (bicyclic) bond motifs is 1. The third-order valence-electron chi connectivity index (χ3n) is 7.83. The van der Waals surface area contributed by atoms with Crippen molar-refractivity contribution < 1.29 is 26.6 Å². The summed E-state index contributed by atoms with van der Waals surface area (Å²) >= 11 is 0. The van der Waals surface area contributed by atoms with Crippen molar-refractivity contribution in [3.05, 3.63) is 113 Å². The minimum atomic E-state index is -0.434. The number of hydrogen-bond acceptors (Lipinski definition) is 3. The summed E-state index contributed by atoms with van der Waals surface area (Å²) in [7, 11) is 0. The largest absolute Gasteiger partial charge is 0.507 e. The van der Waals surface area contributed by atoms with Crippen LogP contribution in [0.4, 0.5) is 0 Å². The van der Waals surface area contributed by atoms with Crippen molar-refractivity contribution in [1.29, 1.82) is 0 Å². The standard InChI is InChI=1S/C25H28N.C12H11NO.Ir/c1-16-12-17(2)14-21(13-16)25-23-15-18(3)24(20-8-6-5-7-9-20)19(4)22(23)10-11-26-25;1-9-5-6-12(14)10(8-9)11-4-2-3-7-13-11;/h10-13,15,20H,5-9H2,1-4H3;2-8,14H,1H3;/q-1;;/i20D;;. The molecule has 1 aliphatic rings. The number of aryl methyl sites for hydroxylation is 5. The monoisotopic (exact) mass is 721 g/mol. The van der Waals surface area contributed by atoms with Crippen molar-refractivity contribution in [3.63, 3.8) is 0 Å². The molecule has 5 aromatic rings. The van der Waals surface area contributed by atoms with E-state index in [9.17, 15) is 6.48 Å². The van der Waals surface area contributed by atoms with E-state index in [0.717, 1.165) is 46.5 Å². The summed E-state index contributed by atoms with van der Waals surface area (Å²) in [6, 6.07) is 23.3. The van der Waals surface area contributed by atoms with Crippen molar-refractivity contribution in [2.24, 2.45) is 0 Å². The van der Waals surface area contributed by atoms with Gasteiger partial charge in [0.15, 0.2) is 0 Å². The number of pyridine rings is 2. The molecule has 0 amide bonds. The third kappa shape index (κ3) is 6.94. The van der Waals surface area contributed by atoms with Crippen LogP contribution in [-0.2, 0) is 20.1 Å². The number of phenols is 1. The van der Waals surface area contributed by atoms with Gasteiger partial charge in [-0.15, -0.1) is 34.9 Å². The fraction of sp³-hybridized carbons (Fsp3) is 0.297. The Morgan fingerprint density at radius 1 is 0.805 bits per heavy atom. The summed E-state index contributed by atoms with van der Waals surface area (Å²) < 4.78 is 9.17. The molecule has 0 aliphatic heterocycles. The van der Waals surface area contributed by atoms with E-state index in [1.54, 1.807) is 12.3 Å². The van der Waals surface area contributed by atoms with E-state index < -0.39 is 5.89 Å². The average molecular weight is 721 g/mol. The van der Waals surface area contributed by atoms with Gasteiger partial charge in [0.2, 0.25) is 0 Å². The van der Waals surface area contributed by atoms with Crippen molar-refractivity contribution in [2.75, 3.05) is 0 Å². The van der Waals surface area contributed by atoms with Gasteiger partial charge in [0.25, 0.3) is 0 Å². The van der Waals surface area contributed by atoms with Crippen LogP contribution in [0.5, 0.6) is 5.75 Å². The maximum Gasteiger partial charge on any atom is 0.124 e. The number of aromatic hydroxyl groups is 1. The topological polar surface area (TPSA) is 46.0 Å². The van der Waals surface area contributed by atoms with E-state index in [4.69, 9.17) is 4.98 Å². The Kier molecular flexibility index (Phi) is 9.64. The van der Waals surface area contributed by atoms with Crippen LogP contribution in [-0.4, -0.2) is 15.1 Å². The molecular weight excluding hydrogens is 681 g/mol. The van der Waals surface area contributed by atoms with Gasteiger partial charge in [-0.2, -0.15) is 0 Å². The second kappa shape index (κ2) is 13.6. The molecule has 0 unspecified atom stereocenters. The number of benzene rings is 3. The molecule has 1 radical (unpaired) electrons. The number of nitrogens with zero attached hydrogens (tertiary/aromatic N) is 2.